The molecule has 0 saturated heterocycles. The van der Waals surface area contributed by atoms with Gasteiger partial charge in [0.25, 0.3) is 5.91 Å². The second-order valence-corrected chi connectivity index (χ2v) is 6.70. The minimum Gasteiger partial charge on any atom is -0.377 e. The van der Waals surface area contributed by atoms with E-state index in [2.05, 4.69) is 0 Å². The first kappa shape index (κ1) is 17.6. The molecule has 7 heteroatoms. The number of amides is 1. The van der Waals surface area contributed by atoms with Crippen LogP contribution in [0.3, 0.4) is 0 Å². The topological polar surface area (TPSA) is 89.7 Å². The van der Waals surface area contributed by atoms with Gasteiger partial charge in [0.1, 0.15) is 0 Å². The minimum absolute atomic E-state index is 0.0276. The number of hydrogen-bond acceptors (Lipinski definition) is 4. The van der Waals surface area contributed by atoms with Crippen LogP contribution in [0.15, 0.2) is 23.1 Å². The fourth-order valence-corrected chi connectivity index (χ4v) is 2.59. The van der Waals surface area contributed by atoms with Crippen molar-refractivity contribution in [1.82, 2.24) is 4.90 Å². The van der Waals surface area contributed by atoms with Crippen LogP contribution in [0.5, 0.6) is 0 Å². The number of likely N-dealkylation sites (N-methyl/N-ethyl adjacent to an activating group) is 1. The van der Waals surface area contributed by atoms with Crippen LogP contribution in [0.2, 0.25) is 0 Å². The van der Waals surface area contributed by atoms with E-state index in [4.69, 9.17) is 9.88 Å². The summed E-state index contributed by atoms with van der Waals surface area (Å²) in [5.41, 5.74) is 0.802. The Morgan fingerprint density at radius 2 is 2.00 bits per heavy atom. The molecule has 0 aliphatic rings. The van der Waals surface area contributed by atoms with E-state index in [1.165, 1.54) is 11.0 Å². The molecule has 21 heavy (non-hydrogen) atoms. The molecule has 1 aromatic carbocycles. The van der Waals surface area contributed by atoms with Crippen molar-refractivity contribution in [3.63, 3.8) is 0 Å². The number of nitrogens with two attached hydrogens (primary N) is 1. The molecule has 0 saturated carbocycles. The van der Waals surface area contributed by atoms with Crippen molar-refractivity contribution >= 4 is 15.9 Å². The van der Waals surface area contributed by atoms with Gasteiger partial charge in [-0.05, 0) is 38.5 Å². The number of primary sulfonamides is 1. The molecule has 1 aromatic rings. The van der Waals surface area contributed by atoms with Crippen molar-refractivity contribution < 1.29 is 17.9 Å². The average molecular weight is 314 g/mol. The quantitative estimate of drug-likeness (QED) is 0.852. The number of carbonyl (C=O) groups is 1. The van der Waals surface area contributed by atoms with E-state index in [0.29, 0.717) is 18.7 Å². The van der Waals surface area contributed by atoms with E-state index < -0.39 is 10.0 Å². The zero-order valence-corrected chi connectivity index (χ0v) is 13.6. The number of aryl methyl sites for hydroxylation is 1. The molecular formula is C14H22N2O4S. The largest absolute Gasteiger partial charge is 0.377 e. The molecule has 0 aromatic heterocycles. The van der Waals surface area contributed by atoms with Crippen LogP contribution in [0.25, 0.3) is 0 Å². The molecule has 0 aliphatic heterocycles. The maximum atomic E-state index is 12.2. The number of hydrogen-bond donors (Lipinski definition) is 1. The lowest BCUT2D eigenvalue weighted by molar-refractivity contribution is 0.0532. The summed E-state index contributed by atoms with van der Waals surface area (Å²) in [5.74, 6) is -0.271. The highest BCUT2D eigenvalue weighted by molar-refractivity contribution is 7.89. The Balaban J connectivity index is 2.88. The first-order valence-corrected chi connectivity index (χ1v) is 8.18. The van der Waals surface area contributed by atoms with Gasteiger partial charge < -0.3 is 9.64 Å². The van der Waals surface area contributed by atoms with E-state index in [1.807, 2.05) is 13.8 Å². The third kappa shape index (κ3) is 5.11. The van der Waals surface area contributed by atoms with E-state index in [1.54, 1.807) is 26.1 Å². The van der Waals surface area contributed by atoms with Gasteiger partial charge in [0.15, 0.2) is 0 Å². The summed E-state index contributed by atoms with van der Waals surface area (Å²) in [4.78, 5) is 13.7. The van der Waals surface area contributed by atoms with E-state index >= 15 is 0 Å². The third-order valence-corrected chi connectivity index (χ3v) is 4.02. The average Bonchev–Trinajstić information content (AvgIpc) is 2.36. The highest BCUT2D eigenvalue weighted by Gasteiger charge is 2.17. The maximum Gasteiger partial charge on any atom is 0.253 e. The Kier molecular flexibility index (Phi) is 5.88. The van der Waals surface area contributed by atoms with Crippen molar-refractivity contribution in [2.45, 2.75) is 31.8 Å². The Morgan fingerprint density at radius 1 is 1.38 bits per heavy atom. The van der Waals surface area contributed by atoms with Gasteiger partial charge in [0, 0.05) is 19.2 Å². The first-order chi connectivity index (χ1) is 9.62. The van der Waals surface area contributed by atoms with Gasteiger partial charge in [0.05, 0.1) is 17.6 Å². The standard InChI is InChI=1S/C14H22N2O4S/c1-10(2)20-8-7-16(4)14(17)12-6-5-11(3)13(9-12)21(15,18)19/h5-6,9-10H,7-8H2,1-4H3,(H2,15,18,19). The fourth-order valence-electron chi connectivity index (χ4n) is 1.79. The predicted molar refractivity (Wildman–Crippen MR) is 80.6 cm³/mol. The molecule has 0 atom stereocenters. The van der Waals surface area contributed by atoms with Gasteiger partial charge in [-0.3, -0.25) is 4.79 Å². The molecule has 1 rings (SSSR count). The van der Waals surface area contributed by atoms with E-state index in [0.717, 1.165) is 0 Å². The van der Waals surface area contributed by atoms with Gasteiger partial charge in [-0.2, -0.15) is 0 Å². The van der Waals surface area contributed by atoms with Crippen molar-refractivity contribution in [3.8, 4) is 0 Å². The Hall–Kier alpha value is -1.44. The zero-order valence-electron chi connectivity index (χ0n) is 12.8. The first-order valence-electron chi connectivity index (χ1n) is 6.63. The van der Waals surface area contributed by atoms with Gasteiger partial charge in [-0.1, -0.05) is 6.07 Å². The van der Waals surface area contributed by atoms with Crippen molar-refractivity contribution in [2.24, 2.45) is 5.14 Å². The summed E-state index contributed by atoms with van der Waals surface area (Å²) in [7, 11) is -2.20. The highest BCUT2D eigenvalue weighted by Crippen LogP contribution is 2.16. The lowest BCUT2D eigenvalue weighted by atomic mass is 10.1. The monoisotopic (exact) mass is 314 g/mol. The molecule has 0 fully saturated rings. The van der Waals surface area contributed by atoms with Gasteiger partial charge in [0.2, 0.25) is 10.0 Å². The smallest absolute Gasteiger partial charge is 0.253 e. The Labute approximate surface area is 125 Å². The number of benzene rings is 1. The summed E-state index contributed by atoms with van der Waals surface area (Å²) < 4.78 is 28.3. The molecule has 0 heterocycles. The molecule has 2 N–H and O–H groups in total. The molecule has 0 bridgehead atoms. The summed E-state index contributed by atoms with van der Waals surface area (Å²) in [6.07, 6.45) is 0.0989. The molecule has 118 valence electrons. The zero-order chi connectivity index (χ0) is 16.2. The van der Waals surface area contributed by atoms with Crippen LogP contribution in [-0.2, 0) is 14.8 Å². The van der Waals surface area contributed by atoms with Gasteiger partial charge in [-0.25, -0.2) is 13.6 Å². The lowest BCUT2D eigenvalue weighted by Gasteiger charge is -2.18. The molecule has 1 amide bonds. The Morgan fingerprint density at radius 3 is 2.52 bits per heavy atom. The van der Waals surface area contributed by atoms with Crippen LogP contribution in [-0.4, -0.2) is 45.5 Å². The normalized spacial score (nSPS) is 11.7. The number of ether oxygens (including phenoxy) is 1. The SMILES string of the molecule is Cc1ccc(C(=O)N(C)CCOC(C)C)cc1S(N)(=O)=O. The minimum atomic E-state index is -3.84. The third-order valence-electron chi connectivity index (χ3n) is 2.97. The maximum absolute atomic E-state index is 12.2. The van der Waals surface area contributed by atoms with Gasteiger partial charge >= 0.3 is 0 Å². The summed E-state index contributed by atoms with van der Waals surface area (Å²) in [5, 5.41) is 5.14. The van der Waals surface area contributed by atoms with E-state index in [-0.39, 0.29) is 22.5 Å². The van der Waals surface area contributed by atoms with Crippen molar-refractivity contribution in [2.75, 3.05) is 20.2 Å². The molecule has 0 unspecified atom stereocenters. The number of rotatable bonds is 6. The fraction of sp³-hybridized carbons (Fsp3) is 0.500. The second kappa shape index (κ2) is 7.02. The number of sulfonamides is 1. The van der Waals surface area contributed by atoms with E-state index in [9.17, 15) is 13.2 Å². The van der Waals surface area contributed by atoms with Crippen LogP contribution in [0, 0.1) is 6.92 Å². The van der Waals surface area contributed by atoms with Crippen LogP contribution in [0.1, 0.15) is 29.8 Å². The predicted octanol–water partition coefficient (Wildman–Crippen LogP) is 1.14. The highest BCUT2D eigenvalue weighted by atomic mass is 32.2. The number of carbonyl (C=O) groups excluding carboxylic acids is 1. The van der Waals surface area contributed by atoms with Crippen molar-refractivity contribution in [1.29, 1.82) is 0 Å². The van der Waals surface area contributed by atoms with Crippen molar-refractivity contribution in [3.05, 3.63) is 29.3 Å². The van der Waals surface area contributed by atoms with Gasteiger partial charge in [-0.15, -0.1) is 0 Å². The van der Waals surface area contributed by atoms with Crippen LogP contribution >= 0.6 is 0 Å². The lowest BCUT2D eigenvalue weighted by Crippen LogP contribution is -2.31. The number of nitrogens with zero attached hydrogens (tertiary/aromatic N) is 1. The summed E-state index contributed by atoms with van der Waals surface area (Å²) >= 11 is 0. The molecular weight excluding hydrogens is 292 g/mol. The van der Waals surface area contributed by atoms with Crippen LogP contribution in [0.4, 0.5) is 0 Å². The summed E-state index contributed by atoms with van der Waals surface area (Å²) in [6, 6.07) is 4.48. The molecule has 0 spiro atoms. The van der Waals surface area contributed by atoms with Crippen LogP contribution < -0.4 is 5.14 Å². The molecule has 0 radical (unpaired) electrons. The Bertz CT molecular complexity index is 611. The molecule has 6 nitrogen and oxygen atoms in total. The summed E-state index contributed by atoms with van der Waals surface area (Å²) in [6.45, 7) is 6.32. The molecule has 0 aliphatic carbocycles. The second-order valence-electron chi connectivity index (χ2n) is 5.17.